The molecule has 1 aliphatic heterocycles. The molecule has 7 heteroatoms. The molecule has 0 unspecified atom stereocenters. The van der Waals surface area contributed by atoms with Crippen molar-refractivity contribution in [3.05, 3.63) is 36.3 Å². The third-order valence-corrected chi connectivity index (χ3v) is 4.27. The van der Waals surface area contributed by atoms with Crippen molar-refractivity contribution in [1.82, 2.24) is 14.9 Å². The molecular weight excluding hydrogens is 330 g/mol. The van der Waals surface area contributed by atoms with E-state index in [-0.39, 0.29) is 0 Å². The fourth-order valence-electron chi connectivity index (χ4n) is 2.95. The number of likely N-dealkylation sites (tertiary alicyclic amines) is 1. The SMILES string of the molecule is COc1cnc(Nc2ccnc(C#N)c2)cc1OCCCN1CCCC1. The molecular formula is C19H23N5O2. The summed E-state index contributed by atoms with van der Waals surface area (Å²) in [5, 5.41) is 12.1. The third kappa shape index (κ3) is 4.83. The first-order valence-electron chi connectivity index (χ1n) is 8.81. The van der Waals surface area contributed by atoms with Gasteiger partial charge in [-0.3, -0.25) is 0 Å². The molecule has 2 aromatic heterocycles. The van der Waals surface area contributed by atoms with E-state index in [1.807, 2.05) is 6.07 Å². The largest absolute Gasteiger partial charge is 0.491 e. The number of anilines is 2. The van der Waals surface area contributed by atoms with Gasteiger partial charge < -0.3 is 19.7 Å². The monoisotopic (exact) mass is 353 g/mol. The fraction of sp³-hybridized carbons (Fsp3) is 0.421. The molecule has 0 bridgehead atoms. The zero-order valence-corrected chi connectivity index (χ0v) is 14.9. The maximum Gasteiger partial charge on any atom is 0.179 e. The summed E-state index contributed by atoms with van der Waals surface area (Å²) in [6.45, 7) is 4.09. The topological polar surface area (TPSA) is 83.3 Å². The summed E-state index contributed by atoms with van der Waals surface area (Å²) >= 11 is 0. The molecule has 0 amide bonds. The van der Waals surface area contributed by atoms with Gasteiger partial charge in [-0.05, 0) is 44.5 Å². The number of nitrogens with zero attached hydrogens (tertiary/aromatic N) is 4. The third-order valence-electron chi connectivity index (χ3n) is 4.27. The van der Waals surface area contributed by atoms with E-state index < -0.39 is 0 Å². The summed E-state index contributed by atoms with van der Waals surface area (Å²) in [5.74, 6) is 1.88. The number of hydrogen-bond donors (Lipinski definition) is 1. The van der Waals surface area contributed by atoms with Crippen LogP contribution in [0.25, 0.3) is 0 Å². The first-order chi connectivity index (χ1) is 12.8. The summed E-state index contributed by atoms with van der Waals surface area (Å²) in [5.41, 5.74) is 1.09. The van der Waals surface area contributed by atoms with Gasteiger partial charge in [-0.25, -0.2) is 9.97 Å². The quantitative estimate of drug-likeness (QED) is 0.730. The van der Waals surface area contributed by atoms with Gasteiger partial charge in [0.25, 0.3) is 0 Å². The summed E-state index contributed by atoms with van der Waals surface area (Å²) in [6.07, 6.45) is 6.79. The van der Waals surface area contributed by atoms with Crippen LogP contribution in [0, 0.1) is 11.3 Å². The van der Waals surface area contributed by atoms with E-state index in [2.05, 4.69) is 20.2 Å². The highest BCUT2D eigenvalue weighted by Crippen LogP contribution is 2.29. The van der Waals surface area contributed by atoms with Crippen molar-refractivity contribution >= 4 is 11.5 Å². The van der Waals surface area contributed by atoms with E-state index in [0.29, 0.717) is 29.6 Å². The number of nitriles is 1. The molecule has 3 rings (SSSR count). The van der Waals surface area contributed by atoms with Crippen molar-refractivity contribution in [2.45, 2.75) is 19.3 Å². The van der Waals surface area contributed by atoms with E-state index >= 15 is 0 Å². The average molecular weight is 353 g/mol. The second-order valence-electron chi connectivity index (χ2n) is 6.14. The molecule has 7 nitrogen and oxygen atoms in total. The van der Waals surface area contributed by atoms with Crippen LogP contribution in [0.15, 0.2) is 30.6 Å². The number of hydrogen-bond acceptors (Lipinski definition) is 7. The van der Waals surface area contributed by atoms with Gasteiger partial charge in [0, 0.05) is 24.5 Å². The number of nitrogens with one attached hydrogen (secondary N) is 1. The Bertz CT molecular complexity index is 769. The van der Waals surface area contributed by atoms with Gasteiger partial charge >= 0.3 is 0 Å². The molecule has 1 aliphatic rings. The number of pyridine rings is 2. The number of aromatic nitrogens is 2. The molecule has 136 valence electrons. The van der Waals surface area contributed by atoms with Crippen LogP contribution < -0.4 is 14.8 Å². The molecule has 3 heterocycles. The minimum absolute atomic E-state index is 0.349. The Balaban J connectivity index is 1.60. The van der Waals surface area contributed by atoms with E-state index in [4.69, 9.17) is 14.7 Å². The molecule has 1 fully saturated rings. The number of methoxy groups -OCH3 is 1. The zero-order valence-electron chi connectivity index (χ0n) is 14.9. The van der Waals surface area contributed by atoms with Crippen molar-refractivity contribution in [3.8, 4) is 17.6 Å². The molecule has 0 spiro atoms. The van der Waals surface area contributed by atoms with Crippen molar-refractivity contribution in [1.29, 1.82) is 5.26 Å². The highest BCUT2D eigenvalue weighted by molar-refractivity contribution is 5.59. The number of ether oxygens (including phenoxy) is 2. The van der Waals surface area contributed by atoms with Gasteiger partial charge in [0.2, 0.25) is 0 Å². The van der Waals surface area contributed by atoms with Crippen LogP contribution in [-0.4, -0.2) is 48.2 Å². The second kappa shape index (κ2) is 9.02. The van der Waals surface area contributed by atoms with Crippen LogP contribution in [0.2, 0.25) is 0 Å². The number of rotatable bonds is 8. The lowest BCUT2D eigenvalue weighted by molar-refractivity contribution is 0.254. The highest BCUT2D eigenvalue weighted by atomic mass is 16.5. The Labute approximate surface area is 153 Å². The highest BCUT2D eigenvalue weighted by Gasteiger charge is 2.12. The van der Waals surface area contributed by atoms with Gasteiger partial charge in [0.1, 0.15) is 17.6 Å². The Morgan fingerprint density at radius 3 is 2.85 bits per heavy atom. The summed E-state index contributed by atoms with van der Waals surface area (Å²) in [7, 11) is 1.60. The summed E-state index contributed by atoms with van der Waals surface area (Å²) in [4.78, 5) is 10.7. The normalized spacial score (nSPS) is 14.0. The van der Waals surface area contributed by atoms with E-state index in [9.17, 15) is 0 Å². The van der Waals surface area contributed by atoms with Crippen molar-refractivity contribution < 1.29 is 9.47 Å². The van der Waals surface area contributed by atoms with Crippen LogP contribution in [-0.2, 0) is 0 Å². The Morgan fingerprint density at radius 2 is 2.08 bits per heavy atom. The molecule has 0 aromatic carbocycles. The smallest absolute Gasteiger partial charge is 0.179 e. The van der Waals surface area contributed by atoms with Crippen molar-refractivity contribution in [2.24, 2.45) is 0 Å². The standard InChI is InChI=1S/C19H23N5O2/c1-25-18-14-22-19(23-15-5-6-21-16(11-15)13-20)12-17(18)26-10-4-9-24-7-2-3-8-24/h5-6,11-12,14H,2-4,7-10H2,1H3,(H,21,22,23). The van der Waals surface area contributed by atoms with Gasteiger partial charge in [-0.1, -0.05) is 0 Å². The first-order valence-corrected chi connectivity index (χ1v) is 8.81. The average Bonchev–Trinajstić information content (AvgIpc) is 3.19. The van der Waals surface area contributed by atoms with Crippen LogP contribution >= 0.6 is 0 Å². The van der Waals surface area contributed by atoms with Gasteiger partial charge in [-0.2, -0.15) is 5.26 Å². The van der Waals surface area contributed by atoms with Gasteiger partial charge in [0.05, 0.1) is 19.9 Å². The zero-order chi connectivity index (χ0) is 18.2. The predicted octanol–water partition coefficient (Wildman–Crippen LogP) is 2.97. The minimum Gasteiger partial charge on any atom is -0.491 e. The lowest BCUT2D eigenvalue weighted by atomic mass is 10.3. The first kappa shape index (κ1) is 18.0. The molecule has 2 aromatic rings. The van der Waals surface area contributed by atoms with Crippen molar-refractivity contribution in [2.75, 3.05) is 38.7 Å². The summed E-state index contributed by atoms with van der Waals surface area (Å²) < 4.78 is 11.3. The minimum atomic E-state index is 0.349. The molecule has 0 radical (unpaired) electrons. The van der Waals surface area contributed by atoms with Crippen LogP contribution in [0.5, 0.6) is 11.5 Å². The van der Waals surface area contributed by atoms with Crippen LogP contribution in [0.1, 0.15) is 25.0 Å². The molecule has 0 aliphatic carbocycles. The van der Waals surface area contributed by atoms with Gasteiger partial charge in [0.15, 0.2) is 11.5 Å². The van der Waals surface area contributed by atoms with E-state index in [0.717, 1.165) is 18.7 Å². The second-order valence-corrected chi connectivity index (χ2v) is 6.14. The van der Waals surface area contributed by atoms with Crippen LogP contribution in [0.4, 0.5) is 11.5 Å². The molecule has 26 heavy (non-hydrogen) atoms. The van der Waals surface area contributed by atoms with Crippen LogP contribution in [0.3, 0.4) is 0 Å². The Kier molecular flexibility index (Phi) is 6.23. The predicted molar refractivity (Wildman–Crippen MR) is 98.8 cm³/mol. The molecule has 1 N–H and O–H groups in total. The molecule has 1 saturated heterocycles. The van der Waals surface area contributed by atoms with E-state index in [1.165, 1.54) is 25.9 Å². The lowest BCUT2D eigenvalue weighted by Gasteiger charge is -2.16. The molecule has 0 atom stereocenters. The van der Waals surface area contributed by atoms with Gasteiger partial charge in [-0.15, -0.1) is 0 Å². The van der Waals surface area contributed by atoms with Crippen molar-refractivity contribution in [3.63, 3.8) is 0 Å². The molecule has 0 saturated carbocycles. The fourth-order valence-corrected chi connectivity index (χ4v) is 2.95. The Morgan fingerprint density at radius 1 is 1.23 bits per heavy atom. The maximum atomic E-state index is 8.94. The maximum absolute atomic E-state index is 8.94. The summed E-state index contributed by atoms with van der Waals surface area (Å²) in [6, 6.07) is 7.28. The lowest BCUT2D eigenvalue weighted by Crippen LogP contribution is -2.21. The Hall–Kier alpha value is -2.85. The van der Waals surface area contributed by atoms with E-state index in [1.54, 1.807) is 37.7 Å².